The van der Waals surface area contributed by atoms with E-state index >= 15 is 0 Å². The van der Waals surface area contributed by atoms with Crippen LogP contribution in [0.5, 0.6) is 0 Å². The van der Waals surface area contributed by atoms with Crippen LogP contribution in [0.3, 0.4) is 0 Å². The summed E-state index contributed by atoms with van der Waals surface area (Å²) in [5, 5.41) is 9.39. The smallest absolute Gasteiger partial charge is 0.315 e. The van der Waals surface area contributed by atoms with Crippen molar-refractivity contribution < 1.29 is 9.59 Å². The molecule has 1 aromatic rings. The molecule has 2 saturated heterocycles. The number of carbonyl (C=O) groups is 2. The SMILES string of the molecule is O=C(CCCC[C@@H]1SC[C@H]2NC(=O)N[C@@H]12)NCc1ccccc1. The highest BCUT2D eigenvalue weighted by Crippen LogP contribution is 2.33. The fourth-order valence-corrected chi connectivity index (χ4v) is 4.70. The van der Waals surface area contributed by atoms with Gasteiger partial charge in [0.15, 0.2) is 0 Å². The quantitative estimate of drug-likeness (QED) is 0.528. The van der Waals surface area contributed by atoms with E-state index in [1.165, 1.54) is 0 Å². The van der Waals surface area contributed by atoms with Gasteiger partial charge in [-0.1, -0.05) is 36.8 Å². The summed E-state index contributed by atoms with van der Waals surface area (Å²) in [4.78, 5) is 23.2. The highest BCUT2D eigenvalue weighted by molar-refractivity contribution is 8.00. The van der Waals surface area contributed by atoms with Crippen LogP contribution in [0.15, 0.2) is 30.3 Å². The first-order valence-corrected chi connectivity index (χ1v) is 9.26. The normalized spacial score (nSPS) is 25.6. The van der Waals surface area contributed by atoms with Crippen LogP contribution in [0.4, 0.5) is 4.79 Å². The fourth-order valence-electron chi connectivity index (χ4n) is 3.16. The molecule has 2 fully saturated rings. The van der Waals surface area contributed by atoms with Gasteiger partial charge >= 0.3 is 6.03 Å². The van der Waals surface area contributed by atoms with Gasteiger partial charge < -0.3 is 16.0 Å². The van der Waals surface area contributed by atoms with Gasteiger partial charge in [0.25, 0.3) is 0 Å². The molecule has 2 aliphatic heterocycles. The largest absolute Gasteiger partial charge is 0.352 e. The third-order valence-corrected chi connectivity index (χ3v) is 5.92. The molecule has 0 radical (unpaired) electrons. The molecule has 5 nitrogen and oxygen atoms in total. The van der Waals surface area contributed by atoms with Gasteiger partial charge in [0.1, 0.15) is 0 Å². The first kappa shape index (κ1) is 16.2. The number of thioether (sulfide) groups is 1. The molecule has 6 heteroatoms. The van der Waals surface area contributed by atoms with E-state index in [4.69, 9.17) is 0 Å². The lowest BCUT2D eigenvalue weighted by Crippen LogP contribution is -2.36. The summed E-state index contributed by atoms with van der Waals surface area (Å²) in [5.74, 6) is 1.10. The van der Waals surface area contributed by atoms with Crippen LogP contribution in [0.1, 0.15) is 31.2 Å². The van der Waals surface area contributed by atoms with E-state index in [0.29, 0.717) is 18.2 Å². The number of hydrogen-bond acceptors (Lipinski definition) is 3. The number of urea groups is 1. The van der Waals surface area contributed by atoms with Crippen LogP contribution < -0.4 is 16.0 Å². The maximum Gasteiger partial charge on any atom is 0.315 e. The molecule has 0 spiro atoms. The minimum absolute atomic E-state index is 0.0365. The highest BCUT2D eigenvalue weighted by Gasteiger charge is 2.42. The second-order valence-electron chi connectivity index (χ2n) is 6.13. The van der Waals surface area contributed by atoms with Gasteiger partial charge in [-0.3, -0.25) is 4.79 Å². The molecule has 0 unspecified atom stereocenters. The van der Waals surface area contributed by atoms with Crippen molar-refractivity contribution in [3.8, 4) is 0 Å². The standard InChI is InChI=1S/C17H23N3O2S/c21-15(18-10-12-6-2-1-3-7-12)9-5-4-8-14-16-13(11-23-14)19-17(22)20-16/h1-3,6-7,13-14,16H,4-5,8-11H2,(H,18,21)(H2,19,20,22)/t13-,14+,16-/m1/s1. The van der Waals surface area contributed by atoms with E-state index < -0.39 is 0 Å². The Morgan fingerprint density at radius 3 is 2.87 bits per heavy atom. The van der Waals surface area contributed by atoms with E-state index in [1.54, 1.807) is 0 Å². The van der Waals surface area contributed by atoms with Crippen LogP contribution >= 0.6 is 11.8 Å². The summed E-state index contributed by atoms with van der Waals surface area (Å²) >= 11 is 1.93. The molecule has 3 amide bonds. The fraction of sp³-hybridized carbons (Fsp3) is 0.529. The number of amides is 3. The summed E-state index contributed by atoms with van der Waals surface area (Å²) in [6.45, 7) is 0.597. The molecule has 23 heavy (non-hydrogen) atoms. The molecule has 124 valence electrons. The summed E-state index contributed by atoms with van der Waals surface area (Å²) in [6, 6.07) is 10.5. The predicted octanol–water partition coefficient (Wildman–Crippen LogP) is 2.03. The number of carbonyl (C=O) groups excluding carboxylic acids is 2. The van der Waals surface area contributed by atoms with Gasteiger partial charge in [-0.2, -0.15) is 11.8 Å². The number of unbranched alkanes of at least 4 members (excludes halogenated alkanes) is 1. The molecule has 0 saturated carbocycles. The van der Waals surface area contributed by atoms with E-state index in [9.17, 15) is 9.59 Å². The number of hydrogen-bond donors (Lipinski definition) is 3. The Labute approximate surface area is 141 Å². The zero-order valence-electron chi connectivity index (χ0n) is 13.1. The van der Waals surface area contributed by atoms with Crippen molar-refractivity contribution in [2.24, 2.45) is 0 Å². The van der Waals surface area contributed by atoms with Crippen molar-refractivity contribution in [3.05, 3.63) is 35.9 Å². The average Bonchev–Trinajstić information content (AvgIpc) is 3.10. The Kier molecular flexibility index (Phi) is 5.43. The lowest BCUT2D eigenvalue weighted by atomic mass is 10.0. The molecule has 2 aliphatic rings. The van der Waals surface area contributed by atoms with Crippen LogP contribution in [0, 0.1) is 0 Å². The van der Waals surface area contributed by atoms with E-state index in [-0.39, 0.29) is 24.0 Å². The number of benzene rings is 1. The molecule has 3 rings (SSSR count). The van der Waals surface area contributed by atoms with Gasteiger partial charge in [0, 0.05) is 24.0 Å². The third kappa shape index (κ3) is 4.41. The first-order chi connectivity index (χ1) is 11.2. The van der Waals surface area contributed by atoms with Gasteiger partial charge in [-0.25, -0.2) is 4.79 Å². The van der Waals surface area contributed by atoms with Gasteiger partial charge in [-0.15, -0.1) is 0 Å². The van der Waals surface area contributed by atoms with Crippen molar-refractivity contribution in [1.82, 2.24) is 16.0 Å². The zero-order chi connectivity index (χ0) is 16.1. The Bertz CT molecular complexity index is 552. The lowest BCUT2D eigenvalue weighted by molar-refractivity contribution is -0.121. The predicted molar refractivity (Wildman–Crippen MR) is 92.2 cm³/mol. The van der Waals surface area contributed by atoms with Crippen LogP contribution in [0.25, 0.3) is 0 Å². The van der Waals surface area contributed by atoms with Crippen molar-refractivity contribution in [2.75, 3.05) is 5.75 Å². The van der Waals surface area contributed by atoms with Gasteiger partial charge in [0.05, 0.1) is 12.1 Å². The molecular weight excluding hydrogens is 310 g/mol. The van der Waals surface area contributed by atoms with Crippen molar-refractivity contribution >= 4 is 23.7 Å². The van der Waals surface area contributed by atoms with Crippen molar-refractivity contribution in [3.63, 3.8) is 0 Å². The minimum Gasteiger partial charge on any atom is -0.352 e. The second kappa shape index (κ2) is 7.73. The molecule has 0 aromatic heterocycles. The lowest BCUT2D eigenvalue weighted by Gasteiger charge is -2.16. The highest BCUT2D eigenvalue weighted by atomic mass is 32.2. The summed E-state index contributed by atoms with van der Waals surface area (Å²) in [5.41, 5.74) is 1.12. The topological polar surface area (TPSA) is 70.2 Å². The van der Waals surface area contributed by atoms with Crippen molar-refractivity contribution in [2.45, 2.75) is 49.6 Å². The van der Waals surface area contributed by atoms with Crippen molar-refractivity contribution in [1.29, 1.82) is 0 Å². The summed E-state index contributed by atoms with van der Waals surface area (Å²) in [7, 11) is 0. The van der Waals surface area contributed by atoms with Gasteiger partial charge in [0.2, 0.25) is 5.91 Å². The first-order valence-electron chi connectivity index (χ1n) is 8.21. The van der Waals surface area contributed by atoms with E-state index in [2.05, 4.69) is 16.0 Å². The summed E-state index contributed by atoms with van der Waals surface area (Å²) < 4.78 is 0. The number of rotatable bonds is 7. The zero-order valence-corrected chi connectivity index (χ0v) is 13.9. The van der Waals surface area contributed by atoms with Crippen LogP contribution in [0.2, 0.25) is 0 Å². The Hall–Kier alpha value is -1.69. The molecule has 3 N–H and O–H groups in total. The molecule has 0 aliphatic carbocycles. The average molecular weight is 333 g/mol. The Morgan fingerprint density at radius 1 is 1.22 bits per heavy atom. The molecule has 0 bridgehead atoms. The van der Waals surface area contributed by atoms with Crippen LogP contribution in [-0.2, 0) is 11.3 Å². The van der Waals surface area contributed by atoms with E-state index in [0.717, 1.165) is 30.6 Å². The van der Waals surface area contributed by atoms with E-state index in [1.807, 2.05) is 42.1 Å². The number of fused-ring (bicyclic) bond motifs is 1. The minimum atomic E-state index is -0.0365. The summed E-state index contributed by atoms with van der Waals surface area (Å²) in [6.07, 6.45) is 3.55. The maximum atomic E-state index is 11.9. The molecule has 3 atom stereocenters. The maximum absolute atomic E-state index is 11.9. The second-order valence-corrected chi connectivity index (χ2v) is 7.40. The Morgan fingerprint density at radius 2 is 2.04 bits per heavy atom. The van der Waals surface area contributed by atoms with Crippen LogP contribution in [-0.4, -0.2) is 35.0 Å². The molecule has 2 heterocycles. The molecule has 1 aromatic carbocycles. The van der Waals surface area contributed by atoms with Gasteiger partial charge in [-0.05, 0) is 18.4 Å². The Balaban J connectivity index is 1.29. The third-order valence-electron chi connectivity index (χ3n) is 4.41. The monoisotopic (exact) mass is 333 g/mol. The number of nitrogens with one attached hydrogen (secondary N) is 3. The molecular formula is C17H23N3O2S.